The number of nitrogens with one attached hydrogen (secondary N) is 1. The van der Waals surface area contributed by atoms with Crippen LogP contribution in [0.25, 0.3) is 0 Å². The highest BCUT2D eigenvalue weighted by Crippen LogP contribution is 2.29. The maximum Gasteiger partial charge on any atom is 0.343 e. The third kappa shape index (κ3) is 8.09. The summed E-state index contributed by atoms with van der Waals surface area (Å²) in [7, 11) is 1.48. The number of benzene rings is 3. The molecule has 0 aromatic heterocycles. The van der Waals surface area contributed by atoms with Gasteiger partial charge in [-0.05, 0) is 84.5 Å². The monoisotopic (exact) mass is 518 g/mol. The van der Waals surface area contributed by atoms with Crippen LogP contribution in [0, 0.1) is 6.92 Å². The van der Waals surface area contributed by atoms with Crippen LogP contribution >= 0.6 is 0 Å². The number of amides is 1. The Kier molecular flexibility index (Phi) is 10.3. The number of hydrazone groups is 1. The molecule has 8 nitrogen and oxygen atoms in total. The van der Waals surface area contributed by atoms with Gasteiger partial charge in [0, 0.05) is 0 Å². The third-order valence-corrected chi connectivity index (χ3v) is 5.59. The summed E-state index contributed by atoms with van der Waals surface area (Å²) in [6.45, 7) is 8.61. The summed E-state index contributed by atoms with van der Waals surface area (Å²) < 4.78 is 22.1. The van der Waals surface area contributed by atoms with Gasteiger partial charge in [0.2, 0.25) is 0 Å². The van der Waals surface area contributed by atoms with Gasteiger partial charge < -0.3 is 18.9 Å². The van der Waals surface area contributed by atoms with Crippen LogP contribution in [0.15, 0.2) is 65.8 Å². The van der Waals surface area contributed by atoms with Crippen LogP contribution in [-0.2, 0) is 4.79 Å². The first-order valence-corrected chi connectivity index (χ1v) is 12.5. The minimum absolute atomic E-state index is 0.163. The fourth-order valence-corrected chi connectivity index (χ4v) is 3.40. The van der Waals surface area contributed by atoms with Crippen molar-refractivity contribution in [1.29, 1.82) is 0 Å². The van der Waals surface area contributed by atoms with E-state index in [9.17, 15) is 9.59 Å². The van der Waals surface area contributed by atoms with Crippen molar-refractivity contribution < 1.29 is 28.5 Å². The van der Waals surface area contributed by atoms with Gasteiger partial charge in [-0.2, -0.15) is 5.10 Å². The molecule has 3 rings (SSSR count). The SMILES string of the molecule is CCCOc1ccc(C(=O)Oc2ccc(C=NNC(=O)COc3cc(C(C)C)ccc3C)cc2OC)cc1. The molecule has 3 aromatic carbocycles. The van der Waals surface area contributed by atoms with Crippen LogP contribution in [0.4, 0.5) is 0 Å². The molecule has 1 N–H and O–H groups in total. The highest BCUT2D eigenvalue weighted by molar-refractivity contribution is 5.92. The average molecular weight is 519 g/mol. The van der Waals surface area contributed by atoms with Gasteiger partial charge in [0.15, 0.2) is 18.1 Å². The molecular weight excluding hydrogens is 484 g/mol. The Labute approximate surface area is 223 Å². The van der Waals surface area contributed by atoms with Gasteiger partial charge in [0.05, 0.1) is 25.5 Å². The first-order valence-electron chi connectivity index (χ1n) is 12.5. The molecule has 0 unspecified atom stereocenters. The molecule has 1 amide bonds. The van der Waals surface area contributed by atoms with Gasteiger partial charge >= 0.3 is 5.97 Å². The molecule has 0 heterocycles. The number of esters is 1. The number of rotatable bonds is 12. The van der Waals surface area contributed by atoms with Gasteiger partial charge in [-0.25, -0.2) is 10.2 Å². The highest BCUT2D eigenvalue weighted by atomic mass is 16.6. The molecule has 0 spiro atoms. The lowest BCUT2D eigenvalue weighted by atomic mass is 10.0. The number of aryl methyl sites for hydroxylation is 1. The number of hydrogen-bond acceptors (Lipinski definition) is 7. The predicted octanol–water partition coefficient (Wildman–Crippen LogP) is 5.66. The smallest absolute Gasteiger partial charge is 0.343 e. The molecule has 0 saturated carbocycles. The molecule has 0 aliphatic rings. The van der Waals surface area contributed by atoms with E-state index in [4.69, 9.17) is 18.9 Å². The Morgan fingerprint density at radius 1 is 0.947 bits per heavy atom. The normalized spacial score (nSPS) is 10.9. The van der Waals surface area contributed by atoms with E-state index in [0.717, 1.165) is 17.5 Å². The van der Waals surface area contributed by atoms with Crippen LogP contribution in [0.2, 0.25) is 0 Å². The van der Waals surface area contributed by atoms with E-state index in [-0.39, 0.29) is 18.3 Å². The second-order valence-electron chi connectivity index (χ2n) is 8.93. The van der Waals surface area contributed by atoms with Crippen LogP contribution in [0.5, 0.6) is 23.0 Å². The van der Waals surface area contributed by atoms with Crippen molar-refractivity contribution in [3.8, 4) is 23.0 Å². The molecule has 0 radical (unpaired) electrons. The van der Waals surface area contributed by atoms with E-state index in [1.54, 1.807) is 42.5 Å². The van der Waals surface area contributed by atoms with Gasteiger partial charge in [-0.15, -0.1) is 0 Å². The number of nitrogens with zero attached hydrogens (tertiary/aromatic N) is 1. The second-order valence-corrected chi connectivity index (χ2v) is 8.93. The zero-order valence-electron chi connectivity index (χ0n) is 22.4. The van der Waals surface area contributed by atoms with Crippen molar-refractivity contribution in [2.75, 3.05) is 20.3 Å². The summed E-state index contributed by atoms with van der Waals surface area (Å²) in [5, 5.41) is 3.99. The van der Waals surface area contributed by atoms with Crippen molar-refractivity contribution in [2.45, 2.75) is 40.0 Å². The molecule has 200 valence electrons. The quantitative estimate of drug-likeness (QED) is 0.144. The van der Waals surface area contributed by atoms with Crippen molar-refractivity contribution >= 4 is 18.1 Å². The maximum absolute atomic E-state index is 12.6. The second kappa shape index (κ2) is 13.8. The molecular formula is C30H34N2O6. The van der Waals surface area contributed by atoms with Crippen LogP contribution < -0.4 is 24.4 Å². The lowest BCUT2D eigenvalue weighted by Gasteiger charge is -2.12. The average Bonchev–Trinajstić information content (AvgIpc) is 2.92. The molecule has 0 aliphatic carbocycles. The number of carbonyl (C=O) groups excluding carboxylic acids is 2. The number of ether oxygens (including phenoxy) is 4. The van der Waals surface area contributed by atoms with Crippen molar-refractivity contribution in [3.05, 3.63) is 82.9 Å². The fourth-order valence-electron chi connectivity index (χ4n) is 3.40. The molecule has 0 fully saturated rings. The number of hydrogen-bond donors (Lipinski definition) is 1. The van der Waals surface area contributed by atoms with Gasteiger partial charge in [-0.3, -0.25) is 4.79 Å². The van der Waals surface area contributed by atoms with Gasteiger partial charge in [0.1, 0.15) is 11.5 Å². The first-order chi connectivity index (χ1) is 18.3. The molecule has 0 atom stereocenters. The summed E-state index contributed by atoms with van der Waals surface area (Å²) in [5.74, 6) is 1.43. The lowest BCUT2D eigenvalue weighted by molar-refractivity contribution is -0.123. The maximum atomic E-state index is 12.6. The summed E-state index contributed by atoms with van der Waals surface area (Å²) in [6.07, 6.45) is 2.37. The molecule has 38 heavy (non-hydrogen) atoms. The molecule has 0 aliphatic heterocycles. The van der Waals surface area contributed by atoms with Gasteiger partial charge in [-0.1, -0.05) is 32.9 Å². The molecule has 0 bridgehead atoms. The van der Waals surface area contributed by atoms with E-state index in [1.165, 1.54) is 13.3 Å². The van der Waals surface area contributed by atoms with Gasteiger partial charge in [0.25, 0.3) is 5.91 Å². The molecule has 8 heteroatoms. The molecule has 0 saturated heterocycles. The Balaban J connectivity index is 1.55. The summed E-state index contributed by atoms with van der Waals surface area (Å²) in [5.41, 5.74) is 5.57. The Bertz CT molecular complexity index is 1270. The lowest BCUT2D eigenvalue weighted by Crippen LogP contribution is -2.24. The van der Waals surface area contributed by atoms with Crippen LogP contribution in [-0.4, -0.2) is 38.4 Å². The van der Waals surface area contributed by atoms with E-state index in [2.05, 4.69) is 30.4 Å². The topological polar surface area (TPSA) is 95.5 Å². The molecule has 3 aromatic rings. The zero-order chi connectivity index (χ0) is 27.5. The largest absolute Gasteiger partial charge is 0.494 e. The van der Waals surface area contributed by atoms with Crippen molar-refractivity contribution in [1.82, 2.24) is 5.43 Å². The number of methoxy groups -OCH3 is 1. The highest BCUT2D eigenvalue weighted by Gasteiger charge is 2.13. The Hall–Kier alpha value is -4.33. The standard InChI is InChI=1S/C30H34N2O6/c1-6-15-36-25-12-10-23(11-13-25)30(34)38-26-14-8-22(16-28(26)35-5)18-31-32-29(33)19-37-27-17-24(20(2)3)9-7-21(27)4/h7-14,16-18,20H,6,15,19H2,1-5H3,(H,32,33). The summed E-state index contributed by atoms with van der Waals surface area (Å²) >= 11 is 0. The van der Waals surface area contributed by atoms with Crippen molar-refractivity contribution in [3.63, 3.8) is 0 Å². The minimum atomic E-state index is -0.520. The minimum Gasteiger partial charge on any atom is -0.494 e. The Morgan fingerprint density at radius 3 is 2.39 bits per heavy atom. The summed E-state index contributed by atoms with van der Waals surface area (Å²) in [4.78, 5) is 24.8. The van der Waals surface area contributed by atoms with E-state index < -0.39 is 5.97 Å². The zero-order valence-corrected chi connectivity index (χ0v) is 22.4. The number of carbonyl (C=O) groups is 2. The van der Waals surface area contributed by atoms with Crippen molar-refractivity contribution in [2.24, 2.45) is 5.10 Å². The van der Waals surface area contributed by atoms with E-state index in [0.29, 0.717) is 40.9 Å². The van der Waals surface area contributed by atoms with Crippen LogP contribution in [0.3, 0.4) is 0 Å². The summed E-state index contributed by atoms with van der Waals surface area (Å²) in [6, 6.07) is 17.7. The van der Waals surface area contributed by atoms with E-state index >= 15 is 0 Å². The predicted molar refractivity (Wildman–Crippen MR) is 147 cm³/mol. The third-order valence-electron chi connectivity index (χ3n) is 5.59. The fraction of sp³-hybridized carbons (Fsp3) is 0.300. The van der Waals surface area contributed by atoms with E-state index in [1.807, 2.05) is 26.0 Å². The van der Waals surface area contributed by atoms with Crippen LogP contribution in [0.1, 0.15) is 60.2 Å². The first kappa shape index (κ1) is 28.2. The Morgan fingerprint density at radius 2 is 1.71 bits per heavy atom.